The predicted molar refractivity (Wildman–Crippen MR) is 51.1 cm³/mol. The number of imidazole rings is 1. The molecule has 0 bridgehead atoms. The zero-order valence-corrected chi connectivity index (χ0v) is 8.08. The summed E-state index contributed by atoms with van der Waals surface area (Å²) in [6, 6.07) is 0. The van der Waals surface area contributed by atoms with Crippen LogP contribution in [-0.4, -0.2) is 33.8 Å². The Bertz CT molecular complexity index is 414. The number of ether oxygens (including phenoxy) is 1. The third kappa shape index (κ3) is 2.10. The number of aromatic carboxylic acids is 1. The Kier molecular flexibility index (Phi) is 2.59. The molecule has 0 spiro atoms. The van der Waals surface area contributed by atoms with Gasteiger partial charge in [-0.2, -0.15) is 0 Å². The average molecular weight is 212 g/mol. The van der Waals surface area contributed by atoms with Crippen LogP contribution in [0.25, 0.3) is 0 Å². The smallest absolute Gasteiger partial charge is 0.354 e. The first-order valence-corrected chi connectivity index (χ1v) is 4.83. The van der Waals surface area contributed by atoms with Crippen LogP contribution in [0.2, 0.25) is 0 Å². The fraction of sp³-hybridized carbons (Fsp3) is 0.556. The van der Waals surface area contributed by atoms with Crippen LogP contribution in [-0.2, 0) is 11.2 Å². The lowest BCUT2D eigenvalue weighted by molar-refractivity contribution is 0.0687. The second-order valence-corrected chi connectivity index (χ2v) is 3.58. The lowest BCUT2D eigenvalue weighted by Gasteiger charge is -2.07. The summed E-state index contributed by atoms with van der Waals surface area (Å²) in [5.41, 5.74) is -0.129. The van der Waals surface area contributed by atoms with E-state index in [1.807, 2.05) is 0 Å². The standard InChI is InChI=1S/C9H12N2O4/c12-8(13)7-6(10-9(14)11-7)4-5-2-1-3-15-5/h5H,1-4H2,(H,12,13)(H2,10,11,14). The van der Waals surface area contributed by atoms with Crippen LogP contribution in [0.1, 0.15) is 29.0 Å². The molecule has 3 N–H and O–H groups in total. The molecular formula is C9H12N2O4. The van der Waals surface area contributed by atoms with E-state index in [0.717, 1.165) is 12.8 Å². The Morgan fingerprint density at radius 3 is 2.93 bits per heavy atom. The van der Waals surface area contributed by atoms with Crippen molar-refractivity contribution in [3.8, 4) is 0 Å². The fourth-order valence-corrected chi connectivity index (χ4v) is 1.79. The van der Waals surface area contributed by atoms with E-state index in [-0.39, 0.29) is 11.8 Å². The van der Waals surface area contributed by atoms with Gasteiger partial charge in [0.1, 0.15) is 5.69 Å². The van der Waals surface area contributed by atoms with Gasteiger partial charge in [0.25, 0.3) is 0 Å². The van der Waals surface area contributed by atoms with Gasteiger partial charge in [-0.25, -0.2) is 9.59 Å². The van der Waals surface area contributed by atoms with Crippen LogP contribution in [0, 0.1) is 0 Å². The minimum atomic E-state index is -1.12. The Morgan fingerprint density at radius 1 is 1.53 bits per heavy atom. The zero-order valence-electron chi connectivity index (χ0n) is 8.08. The van der Waals surface area contributed by atoms with E-state index < -0.39 is 11.7 Å². The van der Waals surface area contributed by atoms with Crippen LogP contribution in [0.15, 0.2) is 4.79 Å². The van der Waals surface area contributed by atoms with Crippen LogP contribution < -0.4 is 5.69 Å². The molecule has 6 nitrogen and oxygen atoms in total. The quantitative estimate of drug-likeness (QED) is 0.663. The first kappa shape index (κ1) is 9.97. The van der Waals surface area contributed by atoms with Crippen molar-refractivity contribution in [2.45, 2.75) is 25.4 Å². The summed E-state index contributed by atoms with van der Waals surface area (Å²) in [7, 11) is 0. The molecule has 0 saturated carbocycles. The Morgan fingerprint density at radius 2 is 2.33 bits per heavy atom. The molecule has 15 heavy (non-hydrogen) atoms. The molecule has 1 atom stereocenters. The topological polar surface area (TPSA) is 95.2 Å². The van der Waals surface area contributed by atoms with E-state index in [1.165, 1.54) is 0 Å². The first-order chi connectivity index (χ1) is 7.16. The number of aromatic amines is 2. The van der Waals surface area contributed by atoms with Crippen LogP contribution in [0.4, 0.5) is 0 Å². The van der Waals surface area contributed by atoms with E-state index >= 15 is 0 Å². The van der Waals surface area contributed by atoms with Gasteiger partial charge in [0, 0.05) is 13.0 Å². The van der Waals surface area contributed by atoms with Gasteiger partial charge in [-0.15, -0.1) is 0 Å². The molecule has 0 radical (unpaired) electrons. The normalized spacial score (nSPS) is 20.7. The number of H-pyrrole nitrogens is 2. The van der Waals surface area contributed by atoms with E-state index in [9.17, 15) is 9.59 Å². The number of rotatable bonds is 3. The van der Waals surface area contributed by atoms with Crippen molar-refractivity contribution in [3.05, 3.63) is 21.9 Å². The molecule has 1 aromatic rings. The second-order valence-electron chi connectivity index (χ2n) is 3.58. The maximum atomic E-state index is 11.0. The molecular weight excluding hydrogens is 200 g/mol. The van der Waals surface area contributed by atoms with E-state index in [1.54, 1.807) is 0 Å². The van der Waals surface area contributed by atoms with Crippen LogP contribution in [0.3, 0.4) is 0 Å². The zero-order chi connectivity index (χ0) is 10.8. The van der Waals surface area contributed by atoms with E-state index in [4.69, 9.17) is 9.84 Å². The highest BCUT2D eigenvalue weighted by Gasteiger charge is 2.21. The number of hydrogen-bond acceptors (Lipinski definition) is 3. The number of aromatic nitrogens is 2. The van der Waals surface area contributed by atoms with Gasteiger partial charge in [0.05, 0.1) is 11.8 Å². The molecule has 1 unspecified atom stereocenters. The van der Waals surface area contributed by atoms with Crippen molar-refractivity contribution in [1.29, 1.82) is 0 Å². The van der Waals surface area contributed by atoms with Crippen molar-refractivity contribution >= 4 is 5.97 Å². The number of hydrogen-bond donors (Lipinski definition) is 3. The summed E-state index contributed by atoms with van der Waals surface area (Å²) in [6.07, 6.45) is 2.36. The predicted octanol–water partition coefficient (Wildman–Crippen LogP) is 0.123. The highest BCUT2D eigenvalue weighted by Crippen LogP contribution is 2.16. The van der Waals surface area contributed by atoms with E-state index in [2.05, 4.69) is 9.97 Å². The largest absolute Gasteiger partial charge is 0.477 e. The van der Waals surface area contributed by atoms with Crippen LogP contribution in [0.5, 0.6) is 0 Å². The first-order valence-electron chi connectivity index (χ1n) is 4.83. The van der Waals surface area contributed by atoms with Crippen LogP contribution >= 0.6 is 0 Å². The molecule has 0 amide bonds. The Balaban J connectivity index is 2.19. The molecule has 1 aliphatic rings. The minimum Gasteiger partial charge on any atom is -0.477 e. The molecule has 2 rings (SSSR count). The highest BCUT2D eigenvalue weighted by molar-refractivity contribution is 5.86. The number of carboxylic acids is 1. The van der Waals surface area contributed by atoms with Gasteiger partial charge in [-0.05, 0) is 12.8 Å². The monoisotopic (exact) mass is 212 g/mol. The third-order valence-corrected chi connectivity index (χ3v) is 2.47. The summed E-state index contributed by atoms with van der Waals surface area (Å²) in [4.78, 5) is 26.5. The summed E-state index contributed by atoms with van der Waals surface area (Å²) < 4.78 is 5.37. The van der Waals surface area contributed by atoms with Crippen molar-refractivity contribution in [1.82, 2.24) is 9.97 Å². The van der Waals surface area contributed by atoms with Gasteiger partial charge < -0.3 is 14.8 Å². The maximum absolute atomic E-state index is 11.0. The number of carbonyl (C=O) groups is 1. The molecule has 1 aliphatic heterocycles. The van der Waals surface area contributed by atoms with Crippen molar-refractivity contribution in [2.75, 3.05) is 6.61 Å². The van der Waals surface area contributed by atoms with Gasteiger partial charge in [-0.3, -0.25) is 4.98 Å². The van der Waals surface area contributed by atoms with Gasteiger partial charge >= 0.3 is 11.7 Å². The van der Waals surface area contributed by atoms with Crippen molar-refractivity contribution in [2.24, 2.45) is 0 Å². The molecule has 1 aromatic heterocycles. The number of nitrogens with one attached hydrogen (secondary N) is 2. The highest BCUT2D eigenvalue weighted by atomic mass is 16.5. The molecule has 1 fully saturated rings. The molecule has 0 aromatic carbocycles. The summed E-state index contributed by atoms with van der Waals surface area (Å²) in [5, 5.41) is 8.82. The molecule has 82 valence electrons. The summed E-state index contributed by atoms with van der Waals surface area (Å²) in [6.45, 7) is 0.710. The molecule has 2 heterocycles. The molecule has 0 aliphatic carbocycles. The Labute approximate surface area is 85.3 Å². The second kappa shape index (κ2) is 3.90. The van der Waals surface area contributed by atoms with Gasteiger partial charge in [-0.1, -0.05) is 0 Å². The van der Waals surface area contributed by atoms with Gasteiger partial charge in [0.2, 0.25) is 0 Å². The number of carboxylic acid groups (broad SMARTS) is 1. The SMILES string of the molecule is O=C(O)c1[nH]c(=O)[nH]c1CC1CCCO1. The lowest BCUT2D eigenvalue weighted by Crippen LogP contribution is -2.12. The van der Waals surface area contributed by atoms with Gasteiger partial charge in [0.15, 0.2) is 0 Å². The Hall–Kier alpha value is -1.56. The lowest BCUT2D eigenvalue weighted by atomic mass is 10.1. The maximum Gasteiger partial charge on any atom is 0.354 e. The molecule has 1 saturated heterocycles. The van der Waals surface area contributed by atoms with Crippen molar-refractivity contribution < 1.29 is 14.6 Å². The van der Waals surface area contributed by atoms with E-state index in [0.29, 0.717) is 18.7 Å². The average Bonchev–Trinajstić information content (AvgIpc) is 2.75. The van der Waals surface area contributed by atoms with Crippen molar-refractivity contribution in [3.63, 3.8) is 0 Å². The third-order valence-electron chi connectivity index (χ3n) is 2.47. The minimum absolute atomic E-state index is 0.0227. The fourth-order valence-electron chi connectivity index (χ4n) is 1.79. The summed E-state index contributed by atoms with van der Waals surface area (Å²) in [5.74, 6) is -1.12. The molecule has 6 heteroatoms. The summed E-state index contributed by atoms with van der Waals surface area (Å²) >= 11 is 0.